The minimum Gasteiger partial charge on any atom is -0.264 e. The number of hydrogen-bond acceptors (Lipinski definition) is 2. The summed E-state index contributed by atoms with van der Waals surface area (Å²) in [6.07, 6.45) is 4.82. The second-order valence-corrected chi connectivity index (χ2v) is 2.24. The first-order chi connectivity index (χ1) is 5.59. The standard InChI is InChI=1S/C8H10FNO2/c1-4-5-12-10-8(11)7(9)6(2)3/h1H,5H2,2-3H3,(H,10,11). The van der Waals surface area contributed by atoms with Gasteiger partial charge in [-0.2, -0.15) is 0 Å². The Kier molecular flexibility index (Phi) is 4.73. The van der Waals surface area contributed by atoms with Crippen LogP contribution >= 0.6 is 0 Å². The highest BCUT2D eigenvalue weighted by Gasteiger charge is 2.08. The van der Waals surface area contributed by atoms with Crippen molar-refractivity contribution in [1.29, 1.82) is 0 Å². The van der Waals surface area contributed by atoms with Gasteiger partial charge < -0.3 is 0 Å². The number of hydrogen-bond donors (Lipinski definition) is 1. The number of hydroxylamine groups is 1. The van der Waals surface area contributed by atoms with Gasteiger partial charge in [0.2, 0.25) is 0 Å². The fourth-order valence-electron chi connectivity index (χ4n) is 0.415. The third-order valence-corrected chi connectivity index (χ3v) is 0.959. The number of carbonyl (C=O) groups is 1. The molecule has 0 aromatic heterocycles. The molecule has 0 radical (unpaired) electrons. The number of allylic oxidation sites excluding steroid dienone is 1. The van der Waals surface area contributed by atoms with Crippen LogP contribution in [0.3, 0.4) is 0 Å². The molecule has 0 saturated heterocycles. The number of carbonyl (C=O) groups excluding carboxylic acids is 1. The van der Waals surface area contributed by atoms with Crippen molar-refractivity contribution in [1.82, 2.24) is 5.48 Å². The number of halogens is 1. The number of nitrogens with one attached hydrogen (secondary N) is 1. The summed E-state index contributed by atoms with van der Waals surface area (Å²) in [5, 5.41) is 0. The molecule has 0 aromatic carbocycles. The molecule has 12 heavy (non-hydrogen) atoms. The quantitative estimate of drug-likeness (QED) is 0.297. The van der Waals surface area contributed by atoms with Gasteiger partial charge in [-0.1, -0.05) is 5.92 Å². The predicted molar refractivity (Wildman–Crippen MR) is 42.4 cm³/mol. The van der Waals surface area contributed by atoms with Crippen molar-refractivity contribution in [2.45, 2.75) is 13.8 Å². The summed E-state index contributed by atoms with van der Waals surface area (Å²) < 4.78 is 12.7. The van der Waals surface area contributed by atoms with Crippen LogP contribution < -0.4 is 5.48 Å². The van der Waals surface area contributed by atoms with Gasteiger partial charge in [0.1, 0.15) is 6.61 Å². The smallest absolute Gasteiger partial charge is 0.264 e. The molecule has 0 heterocycles. The Morgan fingerprint density at radius 1 is 1.67 bits per heavy atom. The lowest BCUT2D eigenvalue weighted by Crippen LogP contribution is -2.24. The molecular weight excluding hydrogens is 161 g/mol. The zero-order chi connectivity index (χ0) is 9.56. The summed E-state index contributed by atoms with van der Waals surface area (Å²) in [6, 6.07) is 0. The molecule has 66 valence electrons. The fraction of sp³-hybridized carbons (Fsp3) is 0.375. The molecule has 0 unspecified atom stereocenters. The molecule has 4 heteroatoms. The van der Waals surface area contributed by atoms with Crippen molar-refractivity contribution in [3.63, 3.8) is 0 Å². The first-order valence-electron chi connectivity index (χ1n) is 3.28. The molecule has 0 bridgehead atoms. The normalized spacial score (nSPS) is 8.50. The van der Waals surface area contributed by atoms with Gasteiger partial charge >= 0.3 is 5.91 Å². The lowest BCUT2D eigenvalue weighted by molar-refractivity contribution is -0.130. The molecule has 0 aliphatic carbocycles. The molecule has 1 amide bonds. The Hall–Kier alpha value is -1.34. The summed E-state index contributed by atoms with van der Waals surface area (Å²) in [5.74, 6) is 0.349. The Balaban J connectivity index is 3.91. The van der Waals surface area contributed by atoms with Crippen LogP contribution in [-0.4, -0.2) is 12.5 Å². The minimum atomic E-state index is -0.912. The molecule has 0 aromatic rings. The highest BCUT2D eigenvalue weighted by molar-refractivity contribution is 5.90. The zero-order valence-corrected chi connectivity index (χ0v) is 6.98. The maximum Gasteiger partial charge on any atom is 0.303 e. The van der Waals surface area contributed by atoms with E-state index in [9.17, 15) is 9.18 Å². The van der Waals surface area contributed by atoms with Crippen LogP contribution in [0.5, 0.6) is 0 Å². The van der Waals surface area contributed by atoms with Crippen LogP contribution in [0.25, 0.3) is 0 Å². The monoisotopic (exact) mass is 171 g/mol. The molecule has 0 saturated carbocycles. The topological polar surface area (TPSA) is 38.3 Å². The van der Waals surface area contributed by atoms with E-state index in [1.165, 1.54) is 13.8 Å². The van der Waals surface area contributed by atoms with E-state index in [1.54, 1.807) is 0 Å². The molecule has 0 aliphatic rings. The second kappa shape index (κ2) is 5.33. The maximum absolute atomic E-state index is 12.7. The zero-order valence-electron chi connectivity index (χ0n) is 6.98. The second-order valence-electron chi connectivity index (χ2n) is 2.24. The lowest BCUT2D eigenvalue weighted by atomic mass is 10.3. The third-order valence-electron chi connectivity index (χ3n) is 0.959. The number of amides is 1. The summed E-state index contributed by atoms with van der Waals surface area (Å²) in [5.41, 5.74) is 2.14. The highest BCUT2D eigenvalue weighted by atomic mass is 19.1. The Bertz CT molecular complexity index is 236. The predicted octanol–water partition coefficient (Wildman–Crippen LogP) is 0.931. The summed E-state index contributed by atoms with van der Waals surface area (Å²) in [6.45, 7) is 2.88. The number of rotatable bonds is 3. The van der Waals surface area contributed by atoms with E-state index in [0.29, 0.717) is 0 Å². The van der Waals surface area contributed by atoms with Gasteiger partial charge in [-0.05, 0) is 19.4 Å². The molecule has 0 atom stereocenters. The molecular formula is C8H10FNO2. The lowest BCUT2D eigenvalue weighted by Gasteiger charge is -2.01. The van der Waals surface area contributed by atoms with Crippen LogP contribution in [0.1, 0.15) is 13.8 Å². The van der Waals surface area contributed by atoms with Gasteiger partial charge in [0, 0.05) is 0 Å². The van der Waals surface area contributed by atoms with E-state index in [-0.39, 0.29) is 12.2 Å². The highest BCUT2D eigenvalue weighted by Crippen LogP contribution is 2.03. The molecule has 0 fully saturated rings. The maximum atomic E-state index is 12.7. The van der Waals surface area contributed by atoms with Gasteiger partial charge in [-0.25, -0.2) is 9.87 Å². The minimum absolute atomic E-state index is 0.0816. The van der Waals surface area contributed by atoms with Crippen LogP contribution in [-0.2, 0) is 9.63 Å². The summed E-state index contributed by atoms with van der Waals surface area (Å²) in [7, 11) is 0. The van der Waals surface area contributed by atoms with Crippen LogP contribution in [0, 0.1) is 12.3 Å². The molecule has 0 rings (SSSR count). The largest absolute Gasteiger partial charge is 0.303 e. The molecule has 0 aliphatic heterocycles. The van der Waals surface area contributed by atoms with E-state index < -0.39 is 11.7 Å². The Morgan fingerprint density at radius 3 is 2.67 bits per heavy atom. The molecule has 0 spiro atoms. The van der Waals surface area contributed by atoms with Gasteiger partial charge in [-0.3, -0.25) is 9.63 Å². The van der Waals surface area contributed by atoms with Crippen molar-refractivity contribution in [2.75, 3.05) is 6.61 Å². The van der Waals surface area contributed by atoms with Gasteiger partial charge in [0.15, 0.2) is 5.83 Å². The van der Waals surface area contributed by atoms with Gasteiger partial charge in [-0.15, -0.1) is 6.42 Å². The molecule has 1 N–H and O–H groups in total. The van der Waals surface area contributed by atoms with Crippen molar-refractivity contribution < 1.29 is 14.0 Å². The van der Waals surface area contributed by atoms with Gasteiger partial charge in [0.05, 0.1) is 0 Å². The van der Waals surface area contributed by atoms with E-state index in [1.807, 2.05) is 5.48 Å². The van der Waals surface area contributed by atoms with E-state index in [2.05, 4.69) is 10.8 Å². The average molecular weight is 171 g/mol. The summed E-state index contributed by atoms with van der Waals surface area (Å²) >= 11 is 0. The third kappa shape index (κ3) is 3.74. The van der Waals surface area contributed by atoms with Crippen molar-refractivity contribution >= 4 is 5.91 Å². The van der Waals surface area contributed by atoms with Crippen LogP contribution in [0.15, 0.2) is 11.4 Å². The first-order valence-corrected chi connectivity index (χ1v) is 3.28. The van der Waals surface area contributed by atoms with E-state index in [4.69, 9.17) is 6.42 Å². The average Bonchev–Trinajstić information content (AvgIpc) is 2.03. The fourth-order valence-corrected chi connectivity index (χ4v) is 0.415. The number of terminal acetylenes is 1. The van der Waals surface area contributed by atoms with Crippen LogP contribution in [0.2, 0.25) is 0 Å². The summed E-state index contributed by atoms with van der Waals surface area (Å²) in [4.78, 5) is 15.1. The van der Waals surface area contributed by atoms with Crippen molar-refractivity contribution in [2.24, 2.45) is 0 Å². The molecule has 3 nitrogen and oxygen atoms in total. The SMILES string of the molecule is C#CCONC(=O)C(F)=C(C)C. The van der Waals surface area contributed by atoms with E-state index in [0.717, 1.165) is 0 Å². The van der Waals surface area contributed by atoms with Crippen LogP contribution in [0.4, 0.5) is 4.39 Å². The van der Waals surface area contributed by atoms with Crippen molar-refractivity contribution in [3.8, 4) is 12.3 Å². The Morgan fingerprint density at radius 2 is 2.25 bits per heavy atom. The van der Waals surface area contributed by atoms with Crippen molar-refractivity contribution in [3.05, 3.63) is 11.4 Å². The first kappa shape index (κ1) is 10.7. The van der Waals surface area contributed by atoms with E-state index >= 15 is 0 Å². The Labute approximate surface area is 70.5 Å². The van der Waals surface area contributed by atoms with Gasteiger partial charge in [0.25, 0.3) is 0 Å².